The monoisotopic (exact) mass is 221 g/mol. The number of aromatic nitrogens is 1. The summed E-state index contributed by atoms with van der Waals surface area (Å²) in [6, 6.07) is 11.5. The Hall–Kier alpha value is -2.40. The molecular weight excluding hydrogens is 210 g/mol. The van der Waals surface area contributed by atoms with Crippen molar-refractivity contribution in [2.24, 2.45) is 0 Å². The Morgan fingerprint density at radius 2 is 1.76 bits per heavy atom. The van der Waals surface area contributed by atoms with Gasteiger partial charge in [0.05, 0.1) is 0 Å². The summed E-state index contributed by atoms with van der Waals surface area (Å²) in [6.45, 7) is 1.52. The van der Waals surface area contributed by atoms with Gasteiger partial charge in [0, 0.05) is 29.1 Å². The van der Waals surface area contributed by atoms with E-state index in [-0.39, 0.29) is 5.78 Å². The minimum Gasteiger partial charge on any atom is -0.294 e. The summed E-state index contributed by atoms with van der Waals surface area (Å²) in [7, 11) is 0. The number of rotatable bonds is 1. The van der Waals surface area contributed by atoms with Crippen LogP contribution in [0.25, 0.3) is 0 Å². The molecule has 0 fully saturated rings. The first-order valence-corrected chi connectivity index (χ1v) is 5.29. The van der Waals surface area contributed by atoms with E-state index in [4.69, 9.17) is 0 Å². The summed E-state index contributed by atoms with van der Waals surface area (Å²) >= 11 is 0. The number of carbonyl (C=O) groups excluding carboxylic acids is 1. The molecular formula is C15H11NO. The first-order valence-electron chi connectivity index (χ1n) is 5.29. The number of hydrogen-bond acceptors (Lipinski definition) is 2. The van der Waals surface area contributed by atoms with E-state index in [1.54, 1.807) is 18.5 Å². The molecule has 0 amide bonds. The van der Waals surface area contributed by atoms with E-state index in [9.17, 15) is 4.79 Å². The first-order chi connectivity index (χ1) is 8.25. The molecule has 0 radical (unpaired) electrons. The van der Waals surface area contributed by atoms with E-state index in [0.717, 1.165) is 11.1 Å². The molecule has 1 aromatic carbocycles. The standard InChI is InChI=1S/C15H11NO/c1-12(17)15-9-14(10-16-11-15)8-7-13-5-3-2-4-6-13/h2-6,9-11H,1H3. The maximum Gasteiger partial charge on any atom is 0.161 e. The average Bonchev–Trinajstić information content (AvgIpc) is 2.38. The quantitative estimate of drug-likeness (QED) is 0.547. The van der Waals surface area contributed by atoms with Crippen molar-refractivity contribution < 1.29 is 4.79 Å². The van der Waals surface area contributed by atoms with Crippen LogP contribution in [-0.2, 0) is 0 Å². The minimum absolute atomic E-state index is 0.000797. The fourth-order valence-electron chi connectivity index (χ4n) is 1.37. The SMILES string of the molecule is CC(=O)c1cncc(C#Cc2ccccc2)c1. The summed E-state index contributed by atoms with van der Waals surface area (Å²) < 4.78 is 0. The van der Waals surface area contributed by atoms with Crippen molar-refractivity contribution in [2.45, 2.75) is 6.92 Å². The Morgan fingerprint density at radius 1 is 1.06 bits per heavy atom. The number of carbonyl (C=O) groups is 1. The van der Waals surface area contributed by atoms with Gasteiger partial charge in [0.2, 0.25) is 0 Å². The van der Waals surface area contributed by atoms with Crippen molar-refractivity contribution >= 4 is 5.78 Å². The Balaban J connectivity index is 2.28. The normalized spacial score (nSPS) is 9.24. The largest absolute Gasteiger partial charge is 0.294 e. The Morgan fingerprint density at radius 3 is 2.47 bits per heavy atom. The van der Waals surface area contributed by atoms with E-state index >= 15 is 0 Å². The highest BCUT2D eigenvalue weighted by atomic mass is 16.1. The van der Waals surface area contributed by atoms with Gasteiger partial charge in [-0.3, -0.25) is 9.78 Å². The number of ketones is 1. The van der Waals surface area contributed by atoms with E-state index in [1.807, 2.05) is 30.3 Å². The highest BCUT2D eigenvalue weighted by Crippen LogP contribution is 2.03. The minimum atomic E-state index is 0.000797. The molecule has 0 atom stereocenters. The third-order valence-corrected chi connectivity index (χ3v) is 2.27. The van der Waals surface area contributed by atoms with Crippen LogP contribution in [0.4, 0.5) is 0 Å². The molecule has 0 spiro atoms. The molecule has 2 rings (SSSR count). The van der Waals surface area contributed by atoms with Crippen molar-refractivity contribution in [2.75, 3.05) is 0 Å². The molecule has 0 aliphatic heterocycles. The van der Waals surface area contributed by atoms with Crippen LogP contribution in [0.3, 0.4) is 0 Å². The van der Waals surface area contributed by atoms with Gasteiger partial charge in [0.25, 0.3) is 0 Å². The maximum absolute atomic E-state index is 11.2. The van der Waals surface area contributed by atoms with Gasteiger partial charge in [-0.2, -0.15) is 0 Å². The molecule has 2 aromatic rings. The number of benzene rings is 1. The van der Waals surface area contributed by atoms with Crippen LogP contribution in [0.5, 0.6) is 0 Å². The van der Waals surface area contributed by atoms with Gasteiger partial charge in [-0.15, -0.1) is 0 Å². The van der Waals surface area contributed by atoms with Crippen LogP contribution in [0, 0.1) is 11.8 Å². The molecule has 0 N–H and O–H groups in total. The highest BCUT2D eigenvalue weighted by Gasteiger charge is 1.99. The van der Waals surface area contributed by atoms with Crippen molar-refractivity contribution in [1.82, 2.24) is 4.98 Å². The second kappa shape index (κ2) is 5.09. The Labute approximate surface area is 100 Å². The predicted molar refractivity (Wildman–Crippen MR) is 66.7 cm³/mol. The van der Waals surface area contributed by atoms with Crippen molar-refractivity contribution in [3.8, 4) is 11.8 Å². The molecule has 0 aliphatic rings. The van der Waals surface area contributed by atoms with Crippen LogP contribution >= 0.6 is 0 Å². The second-order valence-corrected chi connectivity index (χ2v) is 3.63. The fraction of sp³-hybridized carbons (Fsp3) is 0.0667. The summed E-state index contributed by atoms with van der Waals surface area (Å²) in [6.07, 6.45) is 3.21. The molecule has 2 nitrogen and oxygen atoms in total. The summed E-state index contributed by atoms with van der Waals surface area (Å²) in [5.41, 5.74) is 2.28. The maximum atomic E-state index is 11.2. The molecule has 82 valence electrons. The molecule has 0 aliphatic carbocycles. The Kier molecular flexibility index (Phi) is 3.32. The van der Waals surface area contributed by atoms with Gasteiger partial charge in [0.1, 0.15) is 0 Å². The zero-order valence-electron chi connectivity index (χ0n) is 9.47. The van der Waals surface area contributed by atoms with Gasteiger partial charge in [-0.1, -0.05) is 30.0 Å². The highest BCUT2D eigenvalue weighted by molar-refractivity contribution is 5.94. The molecule has 1 aromatic heterocycles. The summed E-state index contributed by atoms with van der Waals surface area (Å²) in [4.78, 5) is 15.2. The van der Waals surface area contributed by atoms with E-state index in [0.29, 0.717) is 5.56 Å². The van der Waals surface area contributed by atoms with E-state index < -0.39 is 0 Å². The fourth-order valence-corrected chi connectivity index (χ4v) is 1.37. The summed E-state index contributed by atoms with van der Waals surface area (Å²) in [5, 5.41) is 0. The molecule has 2 heteroatoms. The summed E-state index contributed by atoms with van der Waals surface area (Å²) in [5.74, 6) is 6.02. The smallest absolute Gasteiger partial charge is 0.161 e. The lowest BCUT2D eigenvalue weighted by atomic mass is 10.1. The van der Waals surface area contributed by atoms with Crippen LogP contribution in [0.15, 0.2) is 48.8 Å². The third-order valence-electron chi connectivity index (χ3n) is 2.27. The van der Waals surface area contributed by atoms with Gasteiger partial charge >= 0.3 is 0 Å². The lowest BCUT2D eigenvalue weighted by molar-refractivity contribution is 0.101. The zero-order valence-corrected chi connectivity index (χ0v) is 9.47. The number of nitrogens with zero attached hydrogens (tertiary/aromatic N) is 1. The van der Waals surface area contributed by atoms with E-state index in [2.05, 4.69) is 16.8 Å². The predicted octanol–water partition coefficient (Wildman–Crippen LogP) is 2.68. The van der Waals surface area contributed by atoms with Crippen molar-refractivity contribution in [3.63, 3.8) is 0 Å². The third kappa shape index (κ3) is 3.02. The van der Waals surface area contributed by atoms with Gasteiger partial charge in [0.15, 0.2) is 5.78 Å². The van der Waals surface area contributed by atoms with Crippen LogP contribution < -0.4 is 0 Å². The number of Topliss-reactive ketones (excluding diaryl/α,β-unsaturated/α-hetero) is 1. The topological polar surface area (TPSA) is 30.0 Å². The van der Waals surface area contributed by atoms with Gasteiger partial charge in [-0.05, 0) is 25.1 Å². The lowest BCUT2D eigenvalue weighted by Crippen LogP contribution is -1.93. The molecule has 17 heavy (non-hydrogen) atoms. The van der Waals surface area contributed by atoms with Gasteiger partial charge < -0.3 is 0 Å². The van der Waals surface area contributed by atoms with Crippen LogP contribution in [0.2, 0.25) is 0 Å². The molecule has 0 bridgehead atoms. The first kappa shape index (κ1) is 11.1. The number of pyridine rings is 1. The Bertz CT molecular complexity index is 591. The van der Waals surface area contributed by atoms with Crippen LogP contribution in [0.1, 0.15) is 28.4 Å². The number of hydrogen-bond donors (Lipinski definition) is 0. The van der Waals surface area contributed by atoms with Gasteiger partial charge in [-0.25, -0.2) is 0 Å². The zero-order chi connectivity index (χ0) is 12.1. The average molecular weight is 221 g/mol. The van der Waals surface area contributed by atoms with Crippen molar-refractivity contribution in [1.29, 1.82) is 0 Å². The van der Waals surface area contributed by atoms with Crippen LogP contribution in [-0.4, -0.2) is 10.8 Å². The molecule has 1 heterocycles. The molecule has 0 unspecified atom stereocenters. The molecule has 0 saturated heterocycles. The molecule has 0 saturated carbocycles. The van der Waals surface area contributed by atoms with Crippen molar-refractivity contribution in [3.05, 3.63) is 65.5 Å². The lowest BCUT2D eigenvalue weighted by Gasteiger charge is -1.94. The van der Waals surface area contributed by atoms with E-state index in [1.165, 1.54) is 6.92 Å². The second-order valence-electron chi connectivity index (χ2n) is 3.63.